The maximum atomic E-state index is 5.07. The van der Waals surface area contributed by atoms with Gasteiger partial charge in [0.05, 0.1) is 7.11 Å². The lowest BCUT2D eigenvalue weighted by Crippen LogP contribution is -2.14. The van der Waals surface area contributed by atoms with E-state index in [-0.39, 0.29) is 0 Å². The van der Waals surface area contributed by atoms with Gasteiger partial charge in [0.1, 0.15) is 0 Å². The molecule has 0 radical (unpaired) electrons. The standard InChI is InChI=1S/C8H15NO/c1-7-3-4-8(10-2)9-6-5-7/h4,7,9H,3,5-6H2,1-2H3. The van der Waals surface area contributed by atoms with Gasteiger partial charge in [0, 0.05) is 6.54 Å². The van der Waals surface area contributed by atoms with Crippen LogP contribution in [0.3, 0.4) is 0 Å². The Balaban J connectivity index is 2.43. The minimum absolute atomic E-state index is 0.792. The highest BCUT2D eigenvalue weighted by molar-refractivity contribution is 4.93. The number of allylic oxidation sites excluding steroid dienone is 1. The third-order valence-corrected chi connectivity index (χ3v) is 1.86. The van der Waals surface area contributed by atoms with Gasteiger partial charge in [-0.1, -0.05) is 6.92 Å². The molecular weight excluding hydrogens is 126 g/mol. The van der Waals surface area contributed by atoms with Gasteiger partial charge in [0.2, 0.25) is 0 Å². The lowest BCUT2D eigenvalue weighted by Gasteiger charge is -2.05. The van der Waals surface area contributed by atoms with E-state index in [4.69, 9.17) is 4.74 Å². The SMILES string of the molecule is COC1=CCC(C)CCN1. The Kier molecular flexibility index (Phi) is 2.60. The molecule has 2 heteroatoms. The Morgan fingerprint density at radius 1 is 1.70 bits per heavy atom. The molecule has 0 fully saturated rings. The van der Waals surface area contributed by atoms with E-state index in [1.165, 1.54) is 6.42 Å². The van der Waals surface area contributed by atoms with Crippen LogP contribution in [0.1, 0.15) is 19.8 Å². The molecule has 2 nitrogen and oxygen atoms in total. The minimum Gasteiger partial charge on any atom is -0.483 e. The molecule has 0 aromatic carbocycles. The van der Waals surface area contributed by atoms with Gasteiger partial charge in [0.15, 0.2) is 5.88 Å². The smallest absolute Gasteiger partial charge is 0.182 e. The van der Waals surface area contributed by atoms with Crippen molar-refractivity contribution >= 4 is 0 Å². The molecule has 1 N–H and O–H groups in total. The third kappa shape index (κ3) is 1.94. The first kappa shape index (κ1) is 7.45. The molecule has 0 saturated carbocycles. The monoisotopic (exact) mass is 141 g/mol. The van der Waals surface area contributed by atoms with E-state index in [9.17, 15) is 0 Å². The van der Waals surface area contributed by atoms with Crippen molar-refractivity contribution in [3.8, 4) is 0 Å². The van der Waals surface area contributed by atoms with E-state index in [1.807, 2.05) is 0 Å². The second-order valence-electron chi connectivity index (χ2n) is 2.83. The molecule has 0 bridgehead atoms. The number of nitrogens with one attached hydrogen (secondary N) is 1. The van der Waals surface area contributed by atoms with E-state index in [1.54, 1.807) is 7.11 Å². The summed E-state index contributed by atoms with van der Waals surface area (Å²) in [4.78, 5) is 0. The highest BCUT2D eigenvalue weighted by atomic mass is 16.5. The summed E-state index contributed by atoms with van der Waals surface area (Å²) < 4.78 is 5.07. The van der Waals surface area contributed by atoms with Crippen molar-refractivity contribution in [2.45, 2.75) is 19.8 Å². The Morgan fingerprint density at radius 3 is 3.20 bits per heavy atom. The molecule has 0 aromatic rings. The Hall–Kier alpha value is -0.660. The summed E-state index contributed by atoms with van der Waals surface area (Å²) in [5.74, 6) is 1.73. The molecule has 0 amide bonds. The Labute approximate surface area is 62.3 Å². The van der Waals surface area contributed by atoms with Crippen LogP contribution in [0, 0.1) is 5.92 Å². The number of methoxy groups -OCH3 is 1. The summed E-state index contributed by atoms with van der Waals surface area (Å²) in [7, 11) is 1.70. The normalized spacial score (nSPS) is 26.2. The maximum Gasteiger partial charge on any atom is 0.182 e. The van der Waals surface area contributed by atoms with Crippen molar-refractivity contribution in [3.05, 3.63) is 12.0 Å². The zero-order valence-electron chi connectivity index (χ0n) is 6.68. The molecular formula is C8H15NO. The number of hydrogen-bond donors (Lipinski definition) is 1. The van der Waals surface area contributed by atoms with Crippen LogP contribution >= 0.6 is 0 Å². The van der Waals surface area contributed by atoms with E-state index < -0.39 is 0 Å². The van der Waals surface area contributed by atoms with Crippen LogP contribution < -0.4 is 5.32 Å². The molecule has 1 aliphatic heterocycles. The van der Waals surface area contributed by atoms with Crippen LogP contribution in [0.5, 0.6) is 0 Å². The second-order valence-corrected chi connectivity index (χ2v) is 2.83. The first-order chi connectivity index (χ1) is 4.83. The molecule has 1 aliphatic rings. The van der Waals surface area contributed by atoms with Crippen LogP contribution in [-0.4, -0.2) is 13.7 Å². The van der Waals surface area contributed by atoms with Gasteiger partial charge in [-0.2, -0.15) is 0 Å². The van der Waals surface area contributed by atoms with Gasteiger partial charge in [-0.15, -0.1) is 0 Å². The maximum absolute atomic E-state index is 5.07. The predicted molar refractivity (Wildman–Crippen MR) is 41.5 cm³/mol. The lowest BCUT2D eigenvalue weighted by atomic mass is 10.1. The summed E-state index contributed by atoms with van der Waals surface area (Å²) in [6.07, 6.45) is 4.50. The van der Waals surface area contributed by atoms with E-state index in [0.29, 0.717) is 0 Å². The average molecular weight is 141 g/mol. The van der Waals surface area contributed by atoms with E-state index >= 15 is 0 Å². The minimum atomic E-state index is 0.792. The topological polar surface area (TPSA) is 21.3 Å². The van der Waals surface area contributed by atoms with Crippen LogP contribution in [0.25, 0.3) is 0 Å². The van der Waals surface area contributed by atoms with Gasteiger partial charge in [0.25, 0.3) is 0 Å². The molecule has 1 atom stereocenters. The van der Waals surface area contributed by atoms with Gasteiger partial charge < -0.3 is 10.1 Å². The van der Waals surface area contributed by atoms with Gasteiger partial charge >= 0.3 is 0 Å². The van der Waals surface area contributed by atoms with E-state index in [2.05, 4.69) is 18.3 Å². The lowest BCUT2D eigenvalue weighted by molar-refractivity contribution is 0.262. The van der Waals surface area contributed by atoms with E-state index in [0.717, 1.165) is 24.8 Å². The predicted octanol–water partition coefficient (Wildman–Crippen LogP) is 1.49. The summed E-state index contributed by atoms with van der Waals surface area (Å²) in [5.41, 5.74) is 0. The molecule has 1 unspecified atom stereocenters. The van der Waals surface area contributed by atoms with Crippen molar-refractivity contribution in [1.82, 2.24) is 5.32 Å². The molecule has 10 heavy (non-hydrogen) atoms. The fourth-order valence-electron chi connectivity index (χ4n) is 1.10. The number of hydrogen-bond acceptors (Lipinski definition) is 2. The largest absolute Gasteiger partial charge is 0.483 e. The number of ether oxygens (including phenoxy) is 1. The van der Waals surface area contributed by atoms with Crippen molar-refractivity contribution in [1.29, 1.82) is 0 Å². The molecule has 1 rings (SSSR count). The van der Waals surface area contributed by atoms with Crippen LogP contribution in [0.2, 0.25) is 0 Å². The van der Waals surface area contributed by atoms with Crippen molar-refractivity contribution < 1.29 is 4.74 Å². The zero-order valence-corrected chi connectivity index (χ0v) is 6.68. The molecule has 0 aromatic heterocycles. The summed E-state index contributed by atoms with van der Waals surface area (Å²) in [6.45, 7) is 3.30. The van der Waals surface area contributed by atoms with Gasteiger partial charge in [-0.05, 0) is 24.8 Å². The summed E-state index contributed by atoms with van der Waals surface area (Å²) in [6, 6.07) is 0. The first-order valence-corrected chi connectivity index (χ1v) is 3.81. The summed E-state index contributed by atoms with van der Waals surface area (Å²) in [5, 5.41) is 3.20. The first-order valence-electron chi connectivity index (χ1n) is 3.81. The van der Waals surface area contributed by atoms with Crippen molar-refractivity contribution in [3.63, 3.8) is 0 Å². The Bertz CT molecular complexity index is 131. The fraction of sp³-hybridized carbons (Fsp3) is 0.750. The molecule has 0 spiro atoms. The highest BCUT2D eigenvalue weighted by Crippen LogP contribution is 2.12. The number of rotatable bonds is 1. The molecule has 0 aliphatic carbocycles. The van der Waals surface area contributed by atoms with Crippen LogP contribution in [-0.2, 0) is 4.74 Å². The fourth-order valence-corrected chi connectivity index (χ4v) is 1.10. The van der Waals surface area contributed by atoms with Crippen molar-refractivity contribution in [2.24, 2.45) is 5.92 Å². The van der Waals surface area contributed by atoms with Crippen LogP contribution in [0.4, 0.5) is 0 Å². The summed E-state index contributed by atoms with van der Waals surface area (Å²) >= 11 is 0. The molecule has 1 heterocycles. The van der Waals surface area contributed by atoms with Crippen LogP contribution in [0.15, 0.2) is 12.0 Å². The quantitative estimate of drug-likeness (QED) is 0.597. The Morgan fingerprint density at radius 2 is 2.50 bits per heavy atom. The zero-order chi connectivity index (χ0) is 7.40. The van der Waals surface area contributed by atoms with Gasteiger partial charge in [-0.25, -0.2) is 0 Å². The van der Waals surface area contributed by atoms with Crippen molar-refractivity contribution in [2.75, 3.05) is 13.7 Å². The molecule has 0 saturated heterocycles. The average Bonchev–Trinajstić information content (AvgIpc) is 2.14. The third-order valence-electron chi connectivity index (χ3n) is 1.86. The highest BCUT2D eigenvalue weighted by Gasteiger charge is 2.06. The molecule has 58 valence electrons. The second kappa shape index (κ2) is 3.49. The van der Waals surface area contributed by atoms with Gasteiger partial charge in [-0.3, -0.25) is 0 Å².